The maximum absolute atomic E-state index is 11.8. The lowest BCUT2D eigenvalue weighted by molar-refractivity contribution is -0.144. The molecule has 2 aromatic carbocycles. The van der Waals surface area contributed by atoms with E-state index in [4.69, 9.17) is 5.11 Å². The van der Waals surface area contributed by atoms with Gasteiger partial charge in [-0.05, 0) is 11.5 Å². The van der Waals surface area contributed by atoms with Crippen LogP contribution in [0.2, 0.25) is 0 Å². The van der Waals surface area contributed by atoms with E-state index in [9.17, 15) is 9.59 Å². The fourth-order valence-corrected chi connectivity index (χ4v) is 2.92. The zero-order chi connectivity index (χ0) is 15.5. The van der Waals surface area contributed by atoms with Crippen LogP contribution < -0.4 is 4.90 Å². The molecule has 0 bridgehead atoms. The summed E-state index contributed by atoms with van der Waals surface area (Å²) in [5.41, 5.74) is 1.17. The second kappa shape index (κ2) is 6.05. The highest BCUT2D eigenvalue weighted by molar-refractivity contribution is 5.95. The molecule has 1 saturated heterocycles. The molecule has 0 atom stereocenters. The summed E-state index contributed by atoms with van der Waals surface area (Å²) in [6.45, 7) is 2.57. The molecule has 5 heteroatoms. The third-order valence-electron chi connectivity index (χ3n) is 4.04. The van der Waals surface area contributed by atoms with Gasteiger partial charge in [-0.2, -0.15) is 0 Å². The summed E-state index contributed by atoms with van der Waals surface area (Å²) in [5, 5.41) is 11.1. The van der Waals surface area contributed by atoms with E-state index < -0.39 is 12.4 Å². The van der Waals surface area contributed by atoms with E-state index >= 15 is 0 Å². The largest absolute Gasteiger partial charge is 0.481 e. The average molecular weight is 298 g/mol. The summed E-state index contributed by atoms with van der Waals surface area (Å²) in [5.74, 6) is -1.37. The van der Waals surface area contributed by atoms with Crippen molar-refractivity contribution in [3.05, 3.63) is 42.5 Å². The number of carboxylic acids is 1. The van der Waals surface area contributed by atoms with Crippen LogP contribution in [0.1, 0.15) is 6.42 Å². The summed E-state index contributed by atoms with van der Waals surface area (Å²) in [4.78, 5) is 26.3. The third-order valence-corrected chi connectivity index (χ3v) is 4.04. The highest BCUT2D eigenvalue weighted by atomic mass is 16.4. The summed E-state index contributed by atoms with van der Waals surface area (Å²) in [7, 11) is 0. The number of benzene rings is 2. The Morgan fingerprint density at radius 3 is 2.36 bits per heavy atom. The Hall–Kier alpha value is -2.56. The molecule has 1 fully saturated rings. The monoisotopic (exact) mass is 298 g/mol. The first-order chi connectivity index (χ1) is 10.6. The van der Waals surface area contributed by atoms with Gasteiger partial charge in [0.1, 0.15) is 6.42 Å². The smallest absolute Gasteiger partial charge is 0.312 e. The number of amides is 1. The number of nitrogens with zero attached hydrogens (tertiary/aromatic N) is 2. The summed E-state index contributed by atoms with van der Waals surface area (Å²) in [6.07, 6.45) is -0.422. The summed E-state index contributed by atoms with van der Waals surface area (Å²) >= 11 is 0. The molecule has 0 radical (unpaired) electrons. The van der Waals surface area contributed by atoms with Gasteiger partial charge >= 0.3 is 5.97 Å². The van der Waals surface area contributed by atoms with E-state index in [0.717, 1.165) is 13.1 Å². The predicted molar refractivity (Wildman–Crippen MR) is 85.0 cm³/mol. The van der Waals surface area contributed by atoms with E-state index in [0.29, 0.717) is 13.1 Å². The second-order valence-corrected chi connectivity index (χ2v) is 5.44. The molecule has 1 aliphatic rings. The van der Waals surface area contributed by atoms with Gasteiger partial charge in [-0.15, -0.1) is 0 Å². The fourth-order valence-electron chi connectivity index (χ4n) is 2.92. The molecule has 0 aliphatic carbocycles. The third kappa shape index (κ3) is 2.88. The van der Waals surface area contributed by atoms with Crippen molar-refractivity contribution < 1.29 is 14.7 Å². The number of carbonyl (C=O) groups is 2. The highest BCUT2D eigenvalue weighted by Gasteiger charge is 2.23. The number of aliphatic carboxylic acids is 1. The maximum Gasteiger partial charge on any atom is 0.312 e. The standard InChI is InChI=1S/C17H18N2O3/c20-16(12-17(21)22)19-10-8-18(9-11-19)15-7-3-5-13-4-1-2-6-14(13)15/h1-7H,8-12H2,(H,21,22). The minimum Gasteiger partial charge on any atom is -0.481 e. The lowest BCUT2D eigenvalue weighted by Gasteiger charge is -2.36. The van der Waals surface area contributed by atoms with Gasteiger partial charge in [-0.25, -0.2) is 0 Å². The number of anilines is 1. The zero-order valence-corrected chi connectivity index (χ0v) is 12.2. The van der Waals surface area contributed by atoms with E-state index in [2.05, 4.69) is 29.2 Å². The lowest BCUT2D eigenvalue weighted by Crippen LogP contribution is -2.49. The van der Waals surface area contributed by atoms with Crippen LogP contribution in [0.4, 0.5) is 5.69 Å². The van der Waals surface area contributed by atoms with Gasteiger partial charge in [0, 0.05) is 37.3 Å². The predicted octanol–water partition coefficient (Wildman–Crippen LogP) is 1.96. The van der Waals surface area contributed by atoms with Gasteiger partial charge in [0.15, 0.2) is 0 Å². The minimum absolute atomic E-state index is 0.301. The van der Waals surface area contributed by atoms with Crippen LogP contribution in [0.3, 0.4) is 0 Å². The number of fused-ring (bicyclic) bond motifs is 1. The van der Waals surface area contributed by atoms with Gasteiger partial charge in [0.05, 0.1) is 0 Å². The molecular weight excluding hydrogens is 280 g/mol. The molecule has 1 heterocycles. The first kappa shape index (κ1) is 14.4. The van der Waals surface area contributed by atoms with Crippen molar-refractivity contribution in [1.82, 2.24) is 4.90 Å². The maximum atomic E-state index is 11.8. The Morgan fingerprint density at radius 1 is 0.955 bits per heavy atom. The van der Waals surface area contributed by atoms with Crippen molar-refractivity contribution in [3.8, 4) is 0 Å². The van der Waals surface area contributed by atoms with E-state index in [-0.39, 0.29) is 5.91 Å². The lowest BCUT2D eigenvalue weighted by atomic mass is 10.1. The minimum atomic E-state index is -1.07. The van der Waals surface area contributed by atoms with Crippen LogP contribution in [-0.4, -0.2) is 48.1 Å². The molecule has 3 rings (SSSR count). The fraction of sp³-hybridized carbons (Fsp3) is 0.294. The van der Waals surface area contributed by atoms with Crippen LogP contribution >= 0.6 is 0 Å². The number of hydrogen-bond acceptors (Lipinski definition) is 3. The van der Waals surface area contributed by atoms with Crippen molar-refractivity contribution in [3.63, 3.8) is 0 Å². The van der Waals surface area contributed by atoms with Gasteiger partial charge in [-0.3, -0.25) is 9.59 Å². The van der Waals surface area contributed by atoms with Crippen LogP contribution in [0.25, 0.3) is 10.8 Å². The van der Waals surface area contributed by atoms with Gasteiger partial charge in [0.25, 0.3) is 0 Å². The molecule has 22 heavy (non-hydrogen) atoms. The molecule has 1 N–H and O–H groups in total. The molecule has 114 valence electrons. The average Bonchev–Trinajstić information content (AvgIpc) is 2.54. The molecule has 0 spiro atoms. The van der Waals surface area contributed by atoms with E-state index in [1.54, 1.807) is 4.90 Å². The summed E-state index contributed by atoms with van der Waals surface area (Å²) < 4.78 is 0. The molecule has 0 unspecified atom stereocenters. The normalized spacial score (nSPS) is 15.1. The topological polar surface area (TPSA) is 60.9 Å². The molecule has 1 amide bonds. The number of rotatable bonds is 3. The first-order valence-electron chi connectivity index (χ1n) is 7.37. The van der Waals surface area contributed by atoms with E-state index in [1.165, 1.54) is 16.5 Å². The Balaban J connectivity index is 1.73. The van der Waals surface area contributed by atoms with Crippen LogP contribution in [0, 0.1) is 0 Å². The Kier molecular flexibility index (Phi) is 3.96. The number of carboxylic acid groups (broad SMARTS) is 1. The second-order valence-electron chi connectivity index (χ2n) is 5.44. The molecule has 1 aliphatic heterocycles. The van der Waals surface area contributed by atoms with Crippen LogP contribution in [-0.2, 0) is 9.59 Å². The molecule has 5 nitrogen and oxygen atoms in total. The van der Waals surface area contributed by atoms with Crippen molar-refractivity contribution >= 4 is 28.3 Å². The van der Waals surface area contributed by atoms with Crippen molar-refractivity contribution in [2.75, 3.05) is 31.1 Å². The summed E-state index contributed by atoms with van der Waals surface area (Å²) in [6, 6.07) is 14.5. The van der Waals surface area contributed by atoms with Crippen LogP contribution in [0.15, 0.2) is 42.5 Å². The van der Waals surface area contributed by atoms with Crippen molar-refractivity contribution in [1.29, 1.82) is 0 Å². The number of piperazine rings is 1. The Morgan fingerprint density at radius 2 is 1.64 bits per heavy atom. The van der Waals surface area contributed by atoms with Gasteiger partial charge < -0.3 is 14.9 Å². The SMILES string of the molecule is O=C(O)CC(=O)N1CCN(c2cccc3ccccc23)CC1. The zero-order valence-electron chi connectivity index (χ0n) is 12.2. The highest BCUT2D eigenvalue weighted by Crippen LogP contribution is 2.27. The Labute approximate surface area is 128 Å². The van der Waals surface area contributed by atoms with Crippen molar-refractivity contribution in [2.45, 2.75) is 6.42 Å². The van der Waals surface area contributed by atoms with Crippen LogP contribution in [0.5, 0.6) is 0 Å². The first-order valence-corrected chi connectivity index (χ1v) is 7.37. The van der Waals surface area contributed by atoms with Gasteiger partial charge in [-0.1, -0.05) is 36.4 Å². The van der Waals surface area contributed by atoms with Crippen molar-refractivity contribution in [2.24, 2.45) is 0 Å². The number of hydrogen-bond donors (Lipinski definition) is 1. The molecular formula is C17H18N2O3. The molecule has 0 aromatic heterocycles. The molecule has 2 aromatic rings. The van der Waals surface area contributed by atoms with Gasteiger partial charge in [0.2, 0.25) is 5.91 Å². The quantitative estimate of drug-likeness (QED) is 0.880. The Bertz CT molecular complexity index is 701. The molecule has 0 saturated carbocycles. The van der Waals surface area contributed by atoms with E-state index in [1.807, 2.05) is 18.2 Å². The number of carbonyl (C=O) groups excluding carboxylic acids is 1.